The van der Waals surface area contributed by atoms with Gasteiger partial charge >= 0.3 is 5.91 Å². The van der Waals surface area contributed by atoms with Crippen molar-refractivity contribution in [2.45, 2.75) is 16.1 Å². The monoisotopic (exact) mass is 612 g/mol. The Bertz CT molecular complexity index is 1710. The Morgan fingerprint density at radius 1 is 1.17 bits per heavy atom. The number of aromatic nitrogens is 2. The van der Waals surface area contributed by atoms with Crippen LogP contribution in [0.15, 0.2) is 76.6 Å². The van der Waals surface area contributed by atoms with E-state index in [0.29, 0.717) is 15.1 Å². The fourth-order valence-electron chi connectivity index (χ4n) is 4.21. The topological polar surface area (TPSA) is 136 Å². The van der Waals surface area contributed by atoms with Gasteiger partial charge in [0.1, 0.15) is 5.76 Å². The van der Waals surface area contributed by atoms with E-state index in [2.05, 4.69) is 10.2 Å². The molecule has 3 aromatic carbocycles. The molecule has 1 amide bonds. The Balaban J connectivity index is 1.57. The fourth-order valence-corrected chi connectivity index (χ4v) is 6.36. The molecule has 41 heavy (non-hydrogen) atoms. The van der Waals surface area contributed by atoms with Crippen LogP contribution in [0.4, 0.5) is 15.2 Å². The van der Waals surface area contributed by atoms with Gasteiger partial charge in [-0.25, -0.2) is 4.39 Å². The number of hydrogen-bond donors (Lipinski definition) is 1. The third-order valence-corrected chi connectivity index (χ3v) is 8.67. The maximum atomic E-state index is 14.5. The second kappa shape index (κ2) is 11.6. The van der Waals surface area contributed by atoms with Gasteiger partial charge in [-0.1, -0.05) is 52.9 Å². The van der Waals surface area contributed by atoms with Gasteiger partial charge in [-0.2, -0.15) is 0 Å². The number of rotatable bonds is 8. The summed E-state index contributed by atoms with van der Waals surface area (Å²) in [6.07, 6.45) is 0. The van der Waals surface area contributed by atoms with Gasteiger partial charge in [-0.3, -0.25) is 24.6 Å². The van der Waals surface area contributed by atoms with E-state index < -0.39 is 34.2 Å². The number of nitrogens with zero attached hydrogens (tertiary/aromatic N) is 4. The zero-order valence-corrected chi connectivity index (χ0v) is 23.4. The maximum absolute atomic E-state index is 14.5. The van der Waals surface area contributed by atoms with Crippen molar-refractivity contribution in [1.82, 2.24) is 10.2 Å². The molecule has 1 saturated heterocycles. The molecule has 4 aromatic rings. The third kappa shape index (κ3) is 5.51. The first-order valence-electron chi connectivity index (χ1n) is 11.8. The number of Topliss-reactive ketones (excluding diaryl/α,β-unsaturated/α-hetero) is 1. The van der Waals surface area contributed by atoms with E-state index in [-0.39, 0.29) is 33.3 Å². The van der Waals surface area contributed by atoms with Crippen LogP contribution in [0.3, 0.4) is 0 Å². The first-order valence-corrected chi connectivity index (χ1v) is 14.0. The van der Waals surface area contributed by atoms with Crippen molar-refractivity contribution in [1.29, 1.82) is 0 Å². The second-order valence-electron chi connectivity index (χ2n) is 8.60. The van der Waals surface area contributed by atoms with Crippen LogP contribution < -0.4 is 9.64 Å². The number of methoxy groups -OCH3 is 1. The molecule has 14 heteroatoms. The van der Waals surface area contributed by atoms with Gasteiger partial charge in [0.05, 0.1) is 23.6 Å². The molecule has 0 aliphatic carbocycles. The zero-order chi connectivity index (χ0) is 29.3. The van der Waals surface area contributed by atoms with Gasteiger partial charge in [0.15, 0.2) is 15.9 Å². The van der Waals surface area contributed by atoms with Gasteiger partial charge < -0.3 is 9.84 Å². The highest BCUT2D eigenvalue weighted by Gasteiger charge is 2.48. The Morgan fingerprint density at radius 2 is 1.90 bits per heavy atom. The molecular weight excluding hydrogens is 595 g/mol. The minimum Gasteiger partial charge on any atom is -0.507 e. The summed E-state index contributed by atoms with van der Waals surface area (Å²) in [5.74, 6) is -3.06. The van der Waals surface area contributed by atoms with Crippen LogP contribution in [0.2, 0.25) is 5.02 Å². The average Bonchev–Trinajstić information content (AvgIpc) is 3.54. The Kier molecular flexibility index (Phi) is 8.01. The van der Waals surface area contributed by atoms with Crippen LogP contribution in [0.1, 0.15) is 22.7 Å². The summed E-state index contributed by atoms with van der Waals surface area (Å²) in [4.78, 5) is 38.4. The molecule has 208 valence electrons. The highest BCUT2D eigenvalue weighted by molar-refractivity contribution is 8.00. The molecule has 1 N–H and O–H groups in total. The first-order chi connectivity index (χ1) is 19.7. The number of anilines is 1. The van der Waals surface area contributed by atoms with Crippen molar-refractivity contribution in [2.24, 2.45) is 0 Å². The quantitative estimate of drug-likeness (QED) is 0.0471. The van der Waals surface area contributed by atoms with Crippen LogP contribution in [0, 0.1) is 15.9 Å². The first kappa shape index (κ1) is 28.2. The van der Waals surface area contributed by atoms with Gasteiger partial charge in [-0.15, -0.1) is 10.2 Å². The number of aliphatic hydroxyl groups excluding tert-OH is 1. The molecule has 1 aliphatic rings. The molecule has 10 nitrogen and oxygen atoms in total. The molecule has 1 fully saturated rings. The number of hydrogen-bond acceptors (Lipinski definition) is 10. The number of ketones is 1. The van der Waals surface area contributed by atoms with Crippen LogP contribution in [-0.4, -0.2) is 39.0 Å². The highest BCUT2D eigenvalue weighted by atomic mass is 35.5. The number of non-ortho nitro benzene ring substituents is 1. The SMILES string of the molecule is COc1ccc(/C(O)=C2/C(=O)C(=O)N(c3nnc(SCc4ccccc4Cl)s3)C2c2ccc([N+](=O)[O-])cc2)cc1F. The van der Waals surface area contributed by atoms with Crippen LogP contribution >= 0.6 is 34.7 Å². The van der Waals surface area contributed by atoms with E-state index in [0.717, 1.165) is 27.9 Å². The maximum Gasteiger partial charge on any atom is 0.301 e. The number of ether oxygens (including phenoxy) is 1. The third-order valence-electron chi connectivity index (χ3n) is 6.20. The van der Waals surface area contributed by atoms with E-state index in [1.54, 1.807) is 6.07 Å². The molecule has 0 spiro atoms. The molecule has 5 rings (SSSR count). The minimum atomic E-state index is -1.23. The number of nitro benzene ring substituents is 1. The predicted molar refractivity (Wildman–Crippen MR) is 152 cm³/mol. The molecule has 0 bridgehead atoms. The predicted octanol–water partition coefficient (Wildman–Crippen LogP) is 6.17. The summed E-state index contributed by atoms with van der Waals surface area (Å²) in [6.45, 7) is 0. The van der Waals surface area contributed by atoms with Crippen molar-refractivity contribution in [2.75, 3.05) is 12.0 Å². The molecule has 1 aromatic heterocycles. The molecule has 1 aliphatic heterocycles. The van der Waals surface area contributed by atoms with Crippen molar-refractivity contribution >= 4 is 63.0 Å². The fraction of sp³-hybridized carbons (Fsp3) is 0.111. The van der Waals surface area contributed by atoms with E-state index >= 15 is 0 Å². The summed E-state index contributed by atoms with van der Waals surface area (Å²) in [6, 6.07) is 14.8. The number of amides is 1. The van der Waals surface area contributed by atoms with Gasteiger partial charge in [0, 0.05) is 28.5 Å². The molecule has 0 saturated carbocycles. The molecule has 0 radical (unpaired) electrons. The number of nitro groups is 1. The van der Waals surface area contributed by atoms with Crippen molar-refractivity contribution in [3.05, 3.63) is 110 Å². The number of aliphatic hydroxyl groups is 1. The van der Waals surface area contributed by atoms with E-state index in [9.17, 15) is 29.2 Å². The average molecular weight is 613 g/mol. The largest absolute Gasteiger partial charge is 0.507 e. The van der Waals surface area contributed by atoms with E-state index in [4.69, 9.17) is 16.3 Å². The Hall–Kier alpha value is -4.33. The number of carbonyl (C=O) groups excluding carboxylic acids is 2. The van der Waals surface area contributed by atoms with Gasteiger partial charge in [0.25, 0.3) is 11.5 Å². The lowest BCUT2D eigenvalue weighted by atomic mass is 9.95. The Labute approximate surface area is 245 Å². The summed E-state index contributed by atoms with van der Waals surface area (Å²) >= 11 is 8.61. The normalized spacial score (nSPS) is 16.3. The lowest BCUT2D eigenvalue weighted by Gasteiger charge is -2.22. The second-order valence-corrected chi connectivity index (χ2v) is 11.2. The van der Waals surface area contributed by atoms with Crippen molar-refractivity contribution in [3.63, 3.8) is 0 Å². The molecule has 2 heterocycles. The number of benzene rings is 3. The minimum absolute atomic E-state index is 0.0667. The van der Waals surface area contributed by atoms with E-state index in [1.165, 1.54) is 55.3 Å². The van der Waals surface area contributed by atoms with Gasteiger partial charge in [-0.05, 0) is 47.5 Å². The summed E-state index contributed by atoms with van der Waals surface area (Å²) in [5.41, 5.74) is 0.534. The molecule has 1 atom stereocenters. The summed E-state index contributed by atoms with van der Waals surface area (Å²) in [5, 5.41) is 31.3. The van der Waals surface area contributed by atoms with Crippen LogP contribution in [0.25, 0.3) is 5.76 Å². The van der Waals surface area contributed by atoms with Crippen LogP contribution in [-0.2, 0) is 15.3 Å². The number of thioether (sulfide) groups is 1. The number of halogens is 2. The lowest BCUT2D eigenvalue weighted by molar-refractivity contribution is -0.384. The van der Waals surface area contributed by atoms with Crippen molar-refractivity contribution < 1.29 is 28.7 Å². The van der Waals surface area contributed by atoms with Crippen LogP contribution in [0.5, 0.6) is 5.75 Å². The molecule has 1 unspecified atom stereocenters. The summed E-state index contributed by atoms with van der Waals surface area (Å²) in [7, 11) is 1.28. The van der Waals surface area contributed by atoms with E-state index in [1.807, 2.05) is 18.2 Å². The van der Waals surface area contributed by atoms with Crippen molar-refractivity contribution in [3.8, 4) is 5.75 Å². The Morgan fingerprint density at radius 3 is 2.56 bits per heavy atom. The number of carbonyl (C=O) groups is 2. The zero-order valence-electron chi connectivity index (χ0n) is 21.0. The smallest absolute Gasteiger partial charge is 0.301 e. The lowest BCUT2D eigenvalue weighted by Crippen LogP contribution is -2.29. The summed E-state index contributed by atoms with van der Waals surface area (Å²) < 4.78 is 19.9. The van der Waals surface area contributed by atoms with Gasteiger partial charge in [0.2, 0.25) is 5.13 Å². The molecular formula is C27H18ClFN4O6S2. The highest BCUT2D eigenvalue weighted by Crippen LogP contribution is 2.44. The standard InChI is InChI=1S/C27H18ClFN4O6S2/c1-39-20-11-8-15(12-19(20)29)23(34)21-22(14-6-9-17(10-7-14)33(37)38)32(25(36)24(21)35)26-30-31-27(41-26)40-13-16-4-2-3-5-18(16)28/h2-12,22,34H,13H2,1H3/b23-21-.